The van der Waals surface area contributed by atoms with E-state index in [4.69, 9.17) is 18.9 Å². The van der Waals surface area contributed by atoms with E-state index in [0.29, 0.717) is 29.4 Å². The van der Waals surface area contributed by atoms with Crippen LogP contribution in [0.3, 0.4) is 0 Å². The summed E-state index contributed by atoms with van der Waals surface area (Å²) in [4.78, 5) is 25.6. The van der Waals surface area contributed by atoms with E-state index in [1.54, 1.807) is 12.1 Å². The summed E-state index contributed by atoms with van der Waals surface area (Å²) >= 11 is 0. The molecular formula is C23H36N2O6. The molecule has 1 aliphatic carbocycles. The van der Waals surface area contributed by atoms with Crippen LogP contribution in [0.4, 0.5) is 4.79 Å². The maximum atomic E-state index is 13.0. The molecule has 0 bridgehead atoms. The van der Waals surface area contributed by atoms with Gasteiger partial charge >= 0.3 is 6.09 Å². The van der Waals surface area contributed by atoms with E-state index in [1.807, 2.05) is 20.8 Å². The van der Waals surface area contributed by atoms with Crippen molar-refractivity contribution >= 4 is 12.0 Å². The van der Waals surface area contributed by atoms with Gasteiger partial charge in [-0.05, 0) is 33.6 Å². The lowest BCUT2D eigenvalue weighted by atomic mass is 9.90. The molecule has 1 saturated carbocycles. The minimum absolute atomic E-state index is 0.294. The van der Waals surface area contributed by atoms with E-state index < -0.39 is 17.2 Å². The molecule has 0 aliphatic heterocycles. The first kappa shape index (κ1) is 24.6. The summed E-state index contributed by atoms with van der Waals surface area (Å²) in [5.74, 6) is 0.977. The molecule has 1 aromatic rings. The summed E-state index contributed by atoms with van der Waals surface area (Å²) in [6, 6.07) is 3.21. The zero-order chi connectivity index (χ0) is 23.1. The second-order valence-corrected chi connectivity index (χ2v) is 8.91. The van der Waals surface area contributed by atoms with Crippen LogP contribution in [0.15, 0.2) is 12.1 Å². The molecule has 0 aromatic heterocycles. The summed E-state index contributed by atoms with van der Waals surface area (Å²) < 4.78 is 21.5. The molecule has 0 radical (unpaired) electrons. The fourth-order valence-corrected chi connectivity index (χ4v) is 3.82. The Hall–Kier alpha value is -2.64. The Morgan fingerprint density at radius 1 is 0.903 bits per heavy atom. The average Bonchev–Trinajstić information content (AvgIpc) is 2.95. The highest BCUT2D eigenvalue weighted by Gasteiger charge is 2.35. The van der Waals surface area contributed by atoms with Gasteiger partial charge in [-0.3, -0.25) is 4.79 Å². The van der Waals surface area contributed by atoms with Crippen LogP contribution in [0.2, 0.25) is 0 Å². The summed E-state index contributed by atoms with van der Waals surface area (Å²) in [7, 11) is 4.53. The van der Waals surface area contributed by atoms with Gasteiger partial charge in [0.25, 0.3) is 5.91 Å². The number of ether oxygens (including phenoxy) is 4. The van der Waals surface area contributed by atoms with E-state index in [1.165, 1.54) is 21.3 Å². The van der Waals surface area contributed by atoms with Crippen molar-refractivity contribution < 1.29 is 28.5 Å². The Labute approximate surface area is 185 Å². The third-order valence-corrected chi connectivity index (χ3v) is 5.36. The number of carbonyl (C=O) groups is 2. The molecule has 0 heterocycles. The molecule has 1 aliphatic rings. The Kier molecular flexibility index (Phi) is 8.42. The van der Waals surface area contributed by atoms with Crippen LogP contribution in [0.5, 0.6) is 17.2 Å². The van der Waals surface area contributed by atoms with Crippen molar-refractivity contribution in [3.8, 4) is 17.2 Å². The van der Waals surface area contributed by atoms with Gasteiger partial charge in [-0.15, -0.1) is 0 Å². The van der Waals surface area contributed by atoms with Crippen molar-refractivity contribution in [2.75, 3.05) is 27.9 Å². The molecule has 8 nitrogen and oxygen atoms in total. The van der Waals surface area contributed by atoms with Crippen LogP contribution in [0.25, 0.3) is 0 Å². The number of hydrogen-bond acceptors (Lipinski definition) is 6. The molecule has 174 valence electrons. The number of amides is 2. The number of methoxy groups -OCH3 is 3. The normalized spacial score (nSPS) is 15.9. The van der Waals surface area contributed by atoms with Gasteiger partial charge in [0, 0.05) is 18.7 Å². The molecule has 1 aromatic carbocycles. The van der Waals surface area contributed by atoms with Gasteiger partial charge in [-0.25, -0.2) is 4.79 Å². The van der Waals surface area contributed by atoms with E-state index in [0.717, 1.165) is 38.5 Å². The molecule has 0 spiro atoms. The smallest absolute Gasteiger partial charge is 0.408 e. The number of benzene rings is 1. The molecular weight excluding hydrogens is 400 g/mol. The van der Waals surface area contributed by atoms with Crippen LogP contribution in [-0.2, 0) is 4.74 Å². The van der Waals surface area contributed by atoms with Crippen LogP contribution >= 0.6 is 0 Å². The zero-order valence-electron chi connectivity index (χ0n) is 19.6. The summed E-state index contributed by atoms with van der Waals surface area (Å²) in [6.07, 6.45) is 5.25. The van der Waals surface area contributed by atoms with E-state index >= 15 is 0 Å². The number of carbonyl (C=O) groups excluding carboxylic acids is 2. The van der Waals surface area contributed by atoms with Crippen molar-refractivity contribution in [1.82, 2.24) is 10.6 Å². The monoisotopic (exact) mass is 436 g/mol. The van der Waals surface area contributed by atoms with Gasteiger partial charge in [0.05, 0.1) is 32.4 Å². The standard InChI is InChI=1S/C23H36N2O6/c1-22(2,3)31-21(27)25-23(11-9-7-8-10-12-23)15-24-20(26)16-13-18(29-5)19(30-6)14-17(16)28-4/h13-14H,7-12,15H2,1-6H3,(H,24,26)(H,25,27). The number of alkyl carbamates (subject to hydrolysis) is 1. The third kappa shape index (κ3) is 6.94. The lowest BCUT2D eigenvalue weighted by molar-refractivity contribution is 0.0437. The van der Waals surface area contributed by atoms with Crippen molar-refractivity contribution in [2.45, 2.75) is 70.4 Å². The largest absolute Gasteiger partial charge is 0.496 e. The van der Waals surface area contributed by atoms with Crippen molar-refractivity contribution in [3.05, 3.63) is 17.7 Å². The van der Waals surface area contributed by atoms with Gasteiger partial charge < -0.3 is 29.6 Å². The Balaban J connectivity index is 2.20. The topological polar surface area (TPSA) is 95.1 Å². The lowest BCUT2D eigenvalue weighted by Crippen LogP contribution is -2.56. The predicted octanol–water partition coefficient (Wildman–Crippen LogP) is 4.06. The number of rotatable bonds is 7. The quantitative estimate of drug-likeness (QED) is 0.626. The first-order valence-corrected chi connectivity index (χ1v) is 10.7. The molecule has 0 unspecified atom stereocenters. The SMILES string of the molecule is COc1cc(OC)c(C(=O)NCC2(NC(=O)OC(C)(C)C)CCCCCC2)cc1OC. The first-order chi connectivity index (χ1) is 14.6. The van der Waals surface area contributed by atoms with Crippen LogP contribution in [0.1, 0.15) is 69.7 Å². The van der Waals surface area contributed by atoms with Crippen molar-refractivity contribution in [2.24, 2.45) is 0 Å². The zero-order valence-corrected chi connectivity index (χ0v) is 19.6. The summed E-state index contributed by atoms with van der Waals surface area (Å²) in [5.41, 5.74) is -0.814. The molecule has 2 rings (SSSR count). The van der Waals surface area contributed by atoms with Gasteiger partial charge in [0.15, 0.2) is 11.5 Å². The van der Waals surface area contributed by atoms with E-state index in [-0.39, 0.29) is 5.91 Å². The highest BCUT2D eigenvalue weighted by molar-refractivity contribution is 5.98. The maximum Gasteiger partial charge on any atom is 0.408 e. The number of nitrogens with one attached hydrogen (secondary N) is 2. The van der Waals surface area contributed by atoms with Crippen molar-refractivity contribution in [1.29, 1.82) is 0 Å². The van der Waals surface area contributed by atoms with Gasteiger partial charge in [0.1, 0.15) is 11.4 Å². The van der Waals surface area contributed by atoms with Gasteiger partial charge in [-0.2, -0.15) is 0 Å². The second kappa shape index (κ2) is 10.6. The average molecular weight is 437 g/mol. The Morgan fingerprint density at radius 2 is 1.45 bits per heavy atom. The van der Waals surface area contributed by atoms with Crippen molar-refractivity contribution in [3.63, 3.8) is 0 Å². The molecule has 2 N–H and O–H groups in total. The van der Waals surface area contributed by atoms with E-state index in [2.05, 4.69) is 10.6 Å². The second-order valence-electron chi connectivity index (χ2n) is 8.91. The lowest BCUT2D eigenvalue weighted by Gasteiger charge is -2.35. The fraction of sp³-hybridized carbons (Fsp3) is 0.652. The van der Waals surface area contributed by atoms with Crippen LogP contribution in [-0.4, -0.2) is 51.0 Å². The maximum absolute atomic E-state index is 13.0. The van der Waals surface area contributed by atoms with E-state index in [9.17, 15) is 9.59 Å². The minimum Gasteiger partial charge on any atom is -0.496 e. The molecule has 0 atom stereocenters. The van der Waals surface area contributed by atoms with Crippen LogP contribution in [0, 0.1) is 0 Å². The molecule has 0 saturated heterocycles. The summed E-state index contributed by atoms with van der Waals surface area (Å²) in [6.45, 7) is 5.79. The van der Waals surface area contributed by atoms with Gasteiger partial charge in [-0.1, -0.05) is 25.7 Å². The molecule has 1 fully saturated rings. The first-order valence-electron chi connectivity index (χ1n) is 10.7. The third-order valence-electron chi connectivity index (χ3n) is 5.36. The highest BCUT2D eigenvalue weighted by Crippen LogP contribution is 2.35. The Morgan fingerprint density at radius 3 is 1.97 bits per heavy atom. The molecule has 8 heteroatoms. The van der Waals surface area contributed by atoms with Gasteiger partial charge in [0.2, 0.25) is 0 Å². The fourth-order valence-electron chi connectivity index (χ4n) is 3.82. The van der Waals surface area contributed by atoms with Crippen LogP contribution < -0.4 is 24.8 Å². The molecule has 31 heavy (non-hydrogen) atoms. The molecule has 2 amide bonds. The summed E-state index contributed by atoms with van der Waals surface area (Å²) in [5, 5.41) is 6.04. The predicted molar refractivity (Wildman–Crippen MR) is 118 cm³/mol. The Bertz CT molecular complexity index is 764. The highest BCUT2D eigenvalue weighted by atomic mass is 16.6. The number of hydrogen-bond donors (Lipinski definition) is 2. The minimum atomic E-state index is -0.591.